The minimum atomic E-state index is -0.839. The molecule has 0 aromatic heterocycles. The normalized spacial score (nSPS) is 27.6. The highest BCUT2D eigenvalue weighted by Gasteiger charge is 2.44. The summed E-state index contributed by atoms with van der Waals surface area (Å²) in [5, 5.41) is 11.1. The van der Waals surface area contributed by atoms with Gasteiger partial charge >= 0.3 is 0 Å². The third-order valence-electron chi connectivity index (χ3n) is 4.54. The molecule has 1 nitrogen and oxygen atoms in total. The number of hydrogen-bond acceptors (Lipinski definition) is 1. The van der Waals surface area contributed by atoms with Crippen LogP contribution >= 0.6 is 0 Å². The van der Waals surface area contributed by atoms with Gasteiger partial charge in [-0.25, -0.2) is 8.78 Å². The zero-order valence-electron chi connectivity index (χ0n) is 12.5. The average molecular weight is 282 g/mol. The standard InChI is InChI=1S/C17H24F2O/c1-16(2,3)15-6-4-5-9-17(15,20)11-12-7-8-13(18)14(19)10-12/h7-8,10,15,20H,4-6,9,11H2,1-3H3. The second kappa shape index (κ2) is 5.44. The molecule has 1 N–H and O–H groups in total. The Morgan fingerprint density at radius 2 is 1.90 bits per heavy atom. The van der Waals surface area contributed by atoms with Crippen molar-refractivity contribution in [2.45, 2.75) is 58.5 Å². The van der Waals surface area contributed by atoms with Gasteiger partial charge in [0.15, 0.2) is 11.6 Å². The molecule has 0 amide bonds. The molecule has 0 bridgehead atoms. The van der Waals surface area contributed by atoms with Gasteiger partial charge in [-0.1, -0.05) is 39.7 Å². The highest BCUT2D eigenvalue weighted by atomic mass is 19.2. The summed E-state index contributed by atoms with van der Waals surface area (Å²) in [7, 11) is 0. The second-order valence-electron chi connectivity index (χ2n) is 7.19. The van der Waals surface area contributed by atoms with Crippen molar-refractivity contribution in [3.8, 4) is 0 Å². The Hall–Kier alpha value is -0.960. The minimum Gasteiger partial charge on any atom is -0.389 e. The maximum Gasteiger partial charge on any atom is 0.159 e. The maximum atomic E-state index is 13.3. The molecule has 1 aliphatic carbocycles. The number of rotatable bonds is 2. The van der Waals surface area contributed by atoms with Gasteiger partial charge in [-0.15, -0.1) is 0 Å². The quantitative estimate of drug-likeness (QED) is 0.848. The topological polar surface area (TPSA) is 20.2 Å². The minimum absolute atomic E-state index is 0.00768. The Morgan fingerprint density at radius 1 is 1.20 bits per heavy atom. The lowest BCUT2D eigenvalue weighted by Gasteiger charge is -2.47. The first-order valence-electron chi connectivity index (χ1n) is 7.39. The Morgan fingerprint density at radius 3 is 2.50 bits per heavy atom. The van der Waals surface area contributed by atoms with Crippen LogP contribution in [0.3, 0.4) is 0 Å². The van der Waals surface area contributed by atoms with E-state index < -0.39 is 17.2 Å². The number of halogens is 2. The van der Waals surface area contributed by atoms with Crippen molar-refractivity contribution in [3.05, 3.63) is 35.4 Å². The van der Waals surface area contributed by atoms with Crippen LogP contribution < -0.4 is 0 Å². The van der Waals surface area contributed by atoms with Crippen molar-refractivity contribution < 1.29 is 13.9 Å². The lowest BCUT2D eigenvalue weighted by Crippen LogP contribution is -2.48. The molecule has 1 aromatic rings. The fraction of sp³-hybridized carbons (Fsp3) is 0.647. The first kappa shape index (κ1) is 15.4. The van der Waals surface area contributed by atoms with E-state index in [-0.39, 0.29) is 11.3 Å². The molecule has 1 aliphatic rings. The SMILES string of the molecule is CC(C)(C)C1CCCCC1(O)Cc1ccc(F)c(F)c1. The highest BCUT2D eigenvalue weighted by Crippen LogP contribution is 2.45. The van der Waals surface area contributed by atoms with E-state index >= 15 is 0 Å². The zero-order valence-corrected chi connectivity index (χ0v) is 12.5. The first-order chi connectivity index (χ1) is 9.22. The van der Waals surface area contributed by atoms with Crippen LogP contribution in [0.4, 0.5) is 8.78 Å². The summed E-state index contributed by atoms with van der Waals surface area (Å²) >= 11 is 0. The Balaban J connectivity index is 2.25. The monoisotopic (exact) mass is 282 g/mol. The van der Waals surface area contributed by atoms with Gasteiger partial charge in [-0.3, -0.25) is 0 Å². The van der Waals surface area contributed by atoms with Gasteiger partial charge in [0.25, 0.3) is 0 Å². The van der Waals surface area contributed by atoms with Crippen LogP contribution in [0.25, 0.3) is 0 Å². The maximum absolute atomic E-state index is 13.3. The van der Waals surface area contributed by atoms with Crippen LogP contribution in [-0.2, 0) is 6.42 Å². The average Bonchev–Trinajstić information content (AvgIpc) is 2.32. The van der Waals surface area contributed by atoms with Crippen LogP contribution in [0.15, 0.2) is 18.2 Å². The van der Waals surface area contributed by atoms with E-state index in [4.69, 9.17) is 0 Å². The van der Waals surface area contributed by atoms with E-state index in [0.717, 1.165) is 31.7 Å². The van der Waals surface area contributed by atoms with Crippen LogP contribution in [0.5, 0.6) is 0 Å². The largest absolute Gasteiger partial charge is 0.389 e. The van der Waals surface area contributed by atoms with Crippen molar-refractivity contribution in [1.82, 2.24) is 0 Å². The van der Waals surface area contributed by atoms with E-state index in [1.165, 1.54) is 6.07 Å². The molecule has 0 spiro atoms. The number of aliphatic hydroxyl groups is 1. The highest BCUT2D eigenvalue weighted by molar-refractivity contribution is 5.20. The van der Waals surface area contributed by atoms with Crippen LogP contribution in [-0.4, -0.2) is 10.7 Å². The zero-order chi connectivity index (χ0) is 15.0. The molecule has 2 atom stereocenters. The fourth-order valence-corrected chi connectivity index (χ4v) is 3.68. The summed E-state index contributed by atoms with van der Waals surface area (Å²) in [5.74, 6) is -1.50. The molecule has 0 aliphatic heterocycles. The first-order valence-corrected chi connectivity index (χ1v) is 7.39. The predicted octanol–water partition coefficient (Wildman–Crippen LogP) is 4.47. The van der Waals surface area contributed by atoms with Crippen molar-refractivity contribution >= 4 is 0 Å². The smallest absolute Gasteiger partial charge is 0.159 e. The van der Waals surface area contributed by atoms with E-state index in [2.05, 4.69) is 20.8 Å². The third-order valence-corrected chi connectivity index (χ3v) is 4.54. The molecule has 112 valence electrons. The molecule has 1 fully saturated rings. The van der Waals surface area contributed by atoms with Crippen molar-refractivity contribution in [2.24, 2.45) is 11.3 Å². The molecule has 2 unspecified atom stereocenters. The number of benzene rings is 1. The lowest BCUT2D eigenvalue weighted by atomic mass is 9.62. The van der Waals surface area contributed by atoms with E-state index in [1.807, 2.05) is 0 Å². The van der Waals surface area contributed by atoms with Gasteiger partial charge in [0.05, 0.1) is 5.60 Å². The van der Waals surface area contributed by atoms with Gasteiger partial charge in [0, 0.05) is 6.42 Å². The van der Waals surface area contributed by atoms with Crippen molar-refractivity contribution in [1.29, 1.82) is 0 Å². The van der Waals surface area contributed by atoms with E-state index in [9.17, 15) is 13.9 Å². The molecular weight excluding hydrogens is 258 g/mol. The molecule has 0 heterocycles. The molecule has 20 heavy (non-hydrogen) atoms. The molecule has 0 radical (unpaired) electrons. The summed E-state index contributed by atoms with van der Waals surface area (Å²) in [5.41, 5.74) is -0.142. The summed E-state index contributed by atoms with van der Waals surface area (Å²) in [6, 6.07) is 3.93. The van der Waals surface area contributed by atoms with Gasteiger partial charge < -0.3 is 5.11 Å². The molecule has 0 saturated heterocycles. The summed E-state index contributed by atoms with van der Waals surface area (Å²) < 4.78 is 26.3. The van der Waals surface area contributed by atoms with Gasteiger partial charge in [-0.2, -0.15) is 0 Å². The molecule has 1 saturated carbocycles. The second-order valence-corrected chi connectivity index (χ2v) is 7.19. The van der Waals surface area contributed by atoms with E-state index in [0.29, 0.717) is 12.0 Å². The summed E-state index contributed by atoms with van der Waals surface area (Å²) in [6.45, 7) is 6.41. The molecular formula is C17H24F2O. The lowest BCUT2D eigenvalue weighted by molar-refractivity contribution is -0.0889. The van der Waals surface area contributed by atoms with Gasteiger partial charge in [-0.05, 0) is 41.9 Å². The van der Waals surface area contributed by atoms with Crippen LogP contribution in [0, 0.1) is 23.0 Å². The molecule has 2 rings (SSSR count). The Labute approximate surface area is 120 Å². The summed E-state index contributed by atoms with van der Waals surface area (Å²) in [4.78, 5) is 0. The predicted molar refractivity (Wildman–Crippen MR) is 76.4 cm³/mol. The Kier molecular flexibility index (Phi) is 4.19. The van der Waals surface area contributed by atoms with E-state index in [1.54, 1.807) is 6.07 Å². The fourth-order valence-electron chi connectivity index (χ4n) is 3.68. The van der Waals surface area contributed by atoms with Gasteiger partial charge in [0.1, 0.15) is 0 Å². The van der Waals surface area contributed by atoms with Crippen LogP contribution in [0.1, 0.15) is 52.0 Å². The summed E-state index contributed by atoms with van der Waals surface area (Å²) in [6.07, 6.45) is 4.23. The number of hydrogen-bond donors (Lipinski definition) is 1. The Bertz CT molecular complexity index is 478. The van der Waals surface area contributed by atoms with Crippen molar-refractivity contribution in [3.63, 3.8) is 0 Å². The molecule has 1 aromatic carbocycles. The van der Waals surface area contributed by atoms with Gasteiger partial charge in [0.2, 0.25) is 0 Å². The third kappa shape index (κ3) is 3.20. The van der Waals surface area contributed by atoms with Crippen LogP contribution in [0.2, 0.25) is 0 Å². The van der Waals surface area contributed by atoms with Crippen molar-refractivity contribution in [2.75, 3.05) is 0 Å². The molecule has 3 heteroatoms.